The summed E-state index contributed by atoms with van der Waals surface area (Å²) in [5.41, 5.74) is 3.10. The minimum absolute atomic E-state index is 0.0847. The predicted octanol–water partition coefficient (Wildman–Crippen LogP) is 1.88. The summed E-state index contributed by atoms with van der Waals surface area (Å²) in [5, 5.41) is 22.4. The lowest BCUT2D eigenvalue weighted by Crippen LogP contribution is -2.14. The Morgan fingerprint density at radius 1 is 1.16 bits per heavy atom. The molecule has 0 aliphatic rings. The van der Waals surface area contributed by atoms with Crippen molar-refractivity contribution in [2.45, 2.75) is 26.6 Å². The lowest BCUT2D eigenvalue weighted by molar-refractivity contribution is 0.273. The van der Waals surface area contributed by atoms with Gasteiger partial charge in [0.2, 0.25) is 0 Å². The van der Waals surface area contributed by atoms with Gasteiger partial charge >= 0.3 is 0 Å². The van der Waals surface area contributed by atoms with E-state index < -0.39 is 0 Å². The van der Waals surface area contributed by atoms with Crippen molar-refractivity contribution in [3.63, 3.8) is 0 Å². The van der Waals surface area contributed by atoms with Crippen LogP contribution in [0.25, 0.3) is 0 Å². The van der Waals surface area contributed by atoms with Crippen molar-refractivity contribution in [1.82, 2.24) is 10.3 Å². The molecule has 1 heterocycles. The summed E-state index contributed by atoms with van der Waals surface area (Å²) in [6.45, 7) is 2.83. The van der Waals surface area contributed by atoms with Crippen molar-refractivity contribution in [2.24, 2.45) is 0 Å². The van der Waals surface area contributed by atoms with Gasteiger partial charge in [-0.1, -0.05) is 30.3 Å². The van der Waals surface area contributed by atoms with E-state index in [1.807, 2.05) is 30.3 Å². The Balaban J connectivity index is 2.02. The third-order valence-corrected chi connectivity index (χ3v) is 3.08. The van der Waals surface area contributed by atoms with E-state index in [4.69, 9.17) is 0 Å². The van der Waals surface area contributed by atoms with Crippen molar-refractivity contribution >= 4 is 0 Å². The molecule has 1 aromatic heterocycles. The lowest BCUT2D eigenvalue weighted by atomic mass is 10.1. The number of benzene rings is 1. The summed E-state index contributed by atoms with van der Waals surface area (Å²) < 4.78 is 0. The van der Waals surface area contributed by atoms with E-state index in [-0.39, 0.29) is 12.4 Å². The molecule has 0 aliphatic carbocycles. The van der Waals surface area contributed by atoms with Crippen LogP contribution in [0, 0.1) is 6.92 Å². The van der Waals surface area contributed by atoms with Gasteiger partial charge < -0.3 is 15.5 Å². The minimum Gasteiger partial charge on any atom is -0.506 e. The van der Waals surface area contributed by atoms with E-state index >= 15 is 0 Å². The van der Waals surface area contributed by atoms with Crippen LogP contribution in [-0.2, 0) is 19.7 Å². The molecule has 4 heteroatoms. The summed E-state index contributed by atoms with van der Waals surface area (Å²) in [6, 6.07) is 10.1. The van der Waals surface area contributed by atoms with Crippen molar-refractivity contribution in [3.05, 3.63) is 58.9 Å². The first-order valence-electron chi connectivity index (χ1n) is 6.24. The third-order valence-electron chi connectivity index (χ3n) is 3.08. The Morgan fingerprint density at radius 3 is 2.58 bits per heavy atom. The average molecular weight is 258 g/mol. The number of aliphatic hydroxyl groups excluding tert-OH is 1. The second kappa shape index (κ2) is 6.31. The van der Waals surface area contributed by atoms with Crippen molar-refractivity contribution in [1.29, 1.82) is 0 Å². The van der Waals surface area contributed by atoms with Crippen molar-refractivity contribution in [3.8, 4) is 5.75 Å². The van der Waals surface area contributed by atoms with Gasteiger partial charge in [0.15, 0.2) is 0 Å². The molecule has 0 fully saturated rings. The maximum absolute atomic E-state index is 9.84. The summed E-state index contributed by atoms with van der Waals surface area (Å²) in [7, 11) is 0. The molecule has 0 amide bonds. The second-order valence-electron chi connectivity index (χ2n) is 4.44. The minimum atomic E-state index is -0.183. The van der Waals surface area contributed by atoms with Crippen LogP contribution in [0.5, 0.6) is 5.75 Å². The normalized spacial score (nSPS) is 10.6. The standard InChI is InChI=1S/C15H18N2O2/c1-11-15(19)14(10-18)13(9-17-11)8-16-7-12-5-3-2-4-6-12/h2-6,9,16,18-19H,7-8,10H2,1H3. The summed E-state index contributed by atoms with van der Waals surface area (Å²) in [5.74, 6) is 0.0847. The van der Waals surface area contributed by atoms with E-state index in [0.717, 1.165) is 12.1 Å². The van der Waals surface area contributed by atoms with E-state index in [1.165, 1.54) is 5.56 Å². The van der Waals surface area contributed by atoms with Gasteiger partial charge in [0.1, 0.15) is 5.75 Å². The van der Waals surface area contributed by atoms with Crippen LogP contribution in [0.3, 0.4) is 0 Å². The van der Waals surface area contributed by atoms with Crippen LogP contribution < -0.4 is 5.32 Å². The molecule has 0 aliphatic heterocycles. The van der Waals surface area contributed by atoms with Crippen molar-refractivity contribution < 1.29 is 10.2 Å². The number of nitrogens with one attached hydrogen (secondary N) is 1. The number of hydrogen-bond donors (Lipinski definition) is 3. The summed E-state index contributed by atoms with van der Waals surface area (Å²) in [4.78, 5) is 4.11. The Labute approximate surface area is 112 Å². The average Bonchev–Trinajstić information content (AvgIpc) is 2.44. The molecule has 100 valence electrons. The Morgan fingerprint density at radius 2 is 1.89 bits per heavy atom. The number of hydrogen-bond acceptors (Lipinski definition) is 4. The fraction of sp³-hybridized carbons (Fsp3) is 0.267. The zero-order valence-electron chi connectivity index (χ0n) is 10.9. The fourth-order valence-corrected chi connectivity index (χ4v) is 1.95. The molecule has 0 spiro atoms. The van der Waals surface area contributed by atoms with Gasteiger partial charge in [-0.3, -0.25) is 4.98 Å². The van der Waals surface area contributed by atoms with Crippen LogP contribution in [0.4, 0.5) is 0 Å². The van der Waals surface area contributed by atoms with E-state index in [1.54, 1.807) is 13.1 Å². The van der Waals surface area contributed by atoms with E-state index in [2.05, 4.69) is 10.3 Å². The first kappa shape index (κ1) is 13.5. The number of aryl methyl sites for hydroxylation is 1. The topological polar surface area (TPSA) is 65.4 Å². The van der Waals surface area contributed by atoms with Gasteiger partial charge in [0, 0.05) is 24.8 Å². The third kappa shape index (κ3) is 3.30. The Kier molecular flexibility index (Phi) is 4.49. The number of aromatic hydroxyl groups is 1. The molecule has 19 heavy (non-hydrogen) atoms. The number of aromatic nitrogens is 1. The van der Waals surface area contributed by atoms with Gasteiger partial charge in [-0.05, 0) is 18.1 Å². The molecule has 2 rings (SSSR count). The largest absolute Gasteiger partial charge is 0.506 e. The van der Waals surface area contributed by atoms with Crippen LogP contribution in [0.1, 0.15) is 22.4 Å². The summed E-state index contributed by atoms with van der Waals surface area (Å²) in [6.07, 6.45) is 1.69. The SMILES string of the molecule is Cc1ncc(CNCc2ccccc2)c(CO)c1O. The number of nitrogens with zero attached hydrogens (tertiary/aromatic N) is 1. The van der Waals surface area contributed by atoms with Crippen molar-refractivity contribution in [2.75, 3.05) is 0 Å². The number of pyridine rings is 1. The summed E-state index contributed by atoms with van der Waals surface area (Å²) >= 11 is 0. The Bertz CT molecular complexity index is 541. The highest BCUT2D eigenvalue weighted by Crippen LogP contribution is 2.23. The molecule has 0 saturated heterocycles. The first-order valence-corrected chi connectivity index (χ1v) is 6.24. The van der Waals surface area contributed by atoms with Crippen LogP contribution in [0.15, 0.2) is 36.5 Å². The smallest absolute Gasteiger partial charge is 0.142 e. The monoisotopic (exact) mass is 258 g/mol. The van der Waals surface area contributed by atoms with Gasteiger partial charge in [-0.2, -0.15) is 0 Å². The molecular formula is C15H18N2O2. The van der Waals surface area contributed by atoms with Crippen LogP contribution >= 0.6 is 0 Å². The lowest BCUT2D eigenvalue weighted by Gasteiger charge is -2.11. The van der Waals surface area contributed by atoms with Gasteiger partial charge in [0.05, 0.1) is 12.3 Å². The number of rotatable bonds is 5. The molecule has 0 radical (unpaired) electrons. The quantitative estimate of drug-likeness (QED) is 0.766. The maximum atomic E-state index is 9.84. The molecule has 0 bridgehead atoms. The molecule has 4 nitrogen and oxygen atoms in total. The number of aliphatic hydroxyl groups is 1. The molecule has 1 aromatic carbocycles. The highest BCUT2D eigenvalue weighted by Gasteiger charge is 2.10. The zero-order chi connectivity index (χ0) is 13.7. The molecule has 0 saturated carbocycles. The molecular weight excluding hydrogens is 240 g/mol. The van der Waals surface area contributed by atoms with Gasteiger partial charge in [-0.15, -0.1) is 0 Å². The van der Waals surface area contributed by atoms with Gasteiger partial charge in [-0.25, -0.2) is 0 Å². The Hall–Kier alpha value is -1.91. The highest BCUT2D eigenvalue weighted by molar-refractivity contribution is 5.40. The maximum Gasteiger partial charge on any atom is 0.142 e. The highest BCUT2D eigenvalue weighted by atomic mass is 16.3. The van der Waals surface area contributed by atoms with E-state index in [9.17, 15) is 10.2 Å². The van der Waals surface area contributed by atoms with E-state index in [0.29, 0.717) is 17.8 Å². The first-order chi connectivity index (χ1) is 9.22. The zero-order valence-corrected chi connectivity index (χ0v) is 10.9. The molecule has 3 N–H and O–H groups in total. The second-order valence-corrected chi connectivity index (χ2v) is 4.44. The van der Waals surface area contributed by atoms with Crippen LogP contribution in [-0.4, -0.2) is 15.2 Å². The fourth-order valence-electron chi connectivity index (χ4n) is 1.95. The van der Waals surface area contributed by atoms with Crippen LogP contribution in [0.2, 0.25) is 0 Å². The predicted molar refractivity (Wildman–Crippen MR) is 73.5 cm³/mol. The molecule has 2 aromatic rings. The molecule has 0 unspecified atom stereocenters. The molecule has 0 atom stereocenters. The van der Waals surface area contributed by atoms with Gasteiger partial charge in [0.25, 0.3) is 0 Å².